The van der Waals surface area contributed by atoms with Crippen LogP contribution in [0.4, 0.5) is 16.5 Å². The average Bonchev–Trinajstić information content (AvgIpc) is 3.35. The maximum Gasteiger partial charge on any atom is 0.270 e. The van der Waals surface area contributed by atoms with Gasteiger partial charge in [0.2, 0.25) is 11.8 Å². The Morgan fingerprint density at radius 1 is 1.27 bits per heavy atom. The van der Waals surface area contributed by atoms with Gasteiger partial charge in [0.25, 0.3) is 5.69 Å². The Bertz CT molecular complexity index is 1150. The molecule has 1 aromatic heterocycles. The van der Waals surface area contributed by atoms with Crippen LogP contribution in [-0.4, -0.2) is 28.3 Å². The van der Waals surface area contributed by atoms with E-state index in [1.54, 1.807) is 46.7 Å². The number of aromatic nitrogens is 1. The number of carbonyl (C=O) groups excluding carboxylic acids is 2. The lowest BCUT2D eigenvalue weighted by molar-refractivity contribution is -0.384. The van der Waals surface area contributed by atoms with Gasteiger partial charge in [0, 0.05) is 46.8 Å². The molecular weight excluding hydrogens is 428 g/mol. The van der Waals surface area contributed by atoms with E-state index in [2.05, 4.69) is 10.3 Å². The molecule has 2 heterocycles. The molecule has 0 spiro atoms. The number of nitro groups is 1. The van der Waals surface area contributed by atoms with Crippen LogP contribution in [0.1, 0.15) is 6.42 Å². The van der Waals surface area contributed by atoms with Gasteiger partial charge in [0.1, 0.15) is 0 Å². The van der Waals surface area contributed by atoms with Crippen molar-refractivity contribution in [1.82, 2.24) is 4.98 Å². The summed E-state index contributed by atoms with van der Waals surface area (Å²) in [6.45, 7) is 0.258. The summed E-state index contributed by atoms with van der Waals surface area (Å²) in [6, 6.07) is 13.1. The Labute approximate surface area is 180 Å². The molecule has 1 saturated heterocycles. The lowest BCUT2D eigenvalue weighted by Crippen LogP contribution is -2.28. The second kappa shape index (κ2) is 8.21. The molecule has 3 aromatic rings. The van der Waals surface area contributed by atoms with Crippen LogP contribution in [0.3, 0.4) is 0 Å². The van der Waals surface area contributed by atoms with Crippen molar-refractivity contribution in [3.05, 3.63) is 69.0 Å². The Morgan fingerprint density at radius 2 is 2.07 bits per heavy atom. The molecule has 1 aliphatic heterocycles. The van der Waals surface area contributed by atoms with Gasteiger partial charge in [0.05, 0.1) is 16.5 Å². The fraction of sp³-hybridized carbons (Fsp3) is 0.150. The van der Waals surface area contributed by atoms with E-state index in [0.29, 0.717) is 27.1 Å². The summed E-state index contributed by atoms with van der Waals surface area (Å²) in [5, 5.41) is 16.3. The normalized spacial score (nSPS) is 16.0. The lowest BCUT2D eigenvalue weighted by atomic mass is 10.1. The van der Waals surface area contributed by atoms with Crippen molar-refractivity contribution in [2.45, 2.75) is 6.42 Å². The summed E-state index contributed by atoms with van der Waals surface area (Å²) in [4.78, 5) is 41.4. The molecule has 1 atom stereocenters. The number of hydrogen-bond donors (Lipinski definition) is 1. The standard InChI is InChI=1S/C20H15ClN4O4S/c21-14-4-2-5-15(9-14)24-10-13(8-18(24)26)19(27)23-20-22-17(11-30-20)12-3-1-6-16(7-12)25(28)29/h1-7,9,11,13H,8,10H2,(H,22,23,27). The van der Waals surface area contributed by atoms with Crippen LogP contribution >= 0.6 is 22.9 Å². The molecule has 30 heavy (non-hydrogen) atoms. The summed E-state index contributed by atoms with van der Waals surface area (Å²) in [7, 11) is 0. The molecule has 10 heteroatoms. The molecular formula is C20H15ClN4O4S. The first-order chi connectivity index (χ1) is 14.4. The maximum atomic E-state index is 12.7. The van der Waals surface area contributed by atoms with Crippen molar-refractivity contribution in [2.75, 3.05) is 16.8 Å². The molecule has 2 amide bonds. The average molecular weight is 443 g/mol. The topological polar surface area (TPSA) is 105 Å². The quantitative estimate of drug-likeness (QED) is 0.466. The fourth-order valence-electron chi connectivity index (χ4n) is 3.23. The van der Waals surface area contributed by atoms with Crippen molar-refractivity contribution in [3.8, 4) is 11.3 Å². The van der Waals surface area contributed by atoms with Gasteiger partial charge in [-0.2, -0.15) is 0 Å². The number of anilines is 2. The predicted octanol–water partition coefficient (Wildman–Crippen LogP) is 4.36. The van der Waals surface area contributed by atoms with Gasteiger partial charge in [0.15, 0.2) is 5.13 Å². The van der Waals surface area contributed by atoms with E-state index in [0.717, 1.165) is 0 Å². The summed E-state index contributed by atoms with van der Waals surface area (Å²) in [5.74, 6) is -0.955. The minimum atomic E-state index is -0.512. The number of nitrogens with one attached hydrogen (secondary N) is 1. The zero-order valence-electron chi connectivity index (χ0n) is 15.4. The third kappa shape index (κ3) is 4.17. The van der Waals surface area contributed by atoms with Gasteiger partial charge in [-0.05, 0) is 18.2 Å². The number of benzene rings is 2. The van der Waals surface area contributed by atoms with E-state index in [1.165, 1.54) is 23.5 Å². The minimum Gasteiger partial charge on any atom is -0.312 e. The largest absolute Gasteiger partial charge is 0.312 e. The van der Waals surface area contributed by atoms with Gasteiger partial charge in [-0.1, -0.05) is 29.8 Å². The first-order valence-corrected chi connectivity index (χ1v) is 10.2. The van der Waals surface area contributed by atoms with Gasteiger partial charge >= 0.3 is 0 Å². The highest BCUT2D eigenvalue weighted by molar-refractivity contribution is 7.14. The third-order valence-corrected chi connectivity index (χ3v) is 5.70. The van der Waals surface area contributed by atoms with Crippen LogP contribution < -0.4 is 10.2 Å². The summed E-state index contributed by atoms with van der Waals surface area (Å²) in [6.07, 6.45) is 0.0987. The zero-order valence-corrected chi connectivity index (χ0v) is 17.0. The Kier molecular flexibility index (Phi) is 5.47. The smallest absolute Gasteiger partial charge is 0.270 e. The number of rotatable bonds is 5. The molecule has 8 nitrogen and oxygen atoms in total. The van der Waals surface area contributed by atoms with Crippen LogP contribution in [0.2, 0.25) is 5.02 Å². The molecule has 1 unspecified atom stereocenters. The molecule has 152 valence electrons. The van der Waals surface area contributed by atoms with E-state index in [9.17, 15) is 19.7 Å². The number of hydrogen-bond acceptors (Lipinski definition) is 6. The van der Waals surface area contributed by atoms with E-state index in [4.69, 9.17) is 11.6 Å². The van der Waals surface area contributed by atoms with Crippen molar-refractivity contribution in [1.29, 1.82) is 0 Å². The Morgan fingerprint density at radius 3 is 2.83 bits per heavy atom. The summed E-state index contributed by atoms with van der Waals surface area (Å²) >= 11 is 7.21. The van der Waals surface area contributed by atoms with E-state index in [-0.39, 0.29) is 30.5 Å². The SMILES string of the molecule is O=C(Nc1nc(-c2cccc([N+](=O)[O-])c2)cs1)C1CC(=O)N(c2cccc(Cl)c2)C1. The van der Waals surface area contributed by atoms with Crippen LogP contribution in [-0.2, 0) is 9.59 Å². The molecule has 0 radical (unpaired) electrons. The third-order valence-electron chi connectivity index (χ3n) is 4.70. The number of carbonyl (C=O) groups is 2. The minimum absolute atomic E-state index is 0.0309. The van der Waals surface area contributed by atoms with E-state index < -0.39 is 10.8 Å². The molecule has 1 aliphatic rings. The van der Waals surface area contributed by atoms with Crippen molar-refractivity contribution in [2.24, 2.45) is 5.92 Å². The number of amides is 2. The molecule has 4 rings (SSSR count). The second-order valence-corrected chi connectivity index (χ2v) is 8.01. The number of nitro benzene ring substituents is 1. The Balaban J connectivity index is 1.44. The highest BCUT2D eigenvalue weighted by Crippen LogP contribution is 2.30. The lowest BCUT2D eigenvalue weighted by Gasteiger charge is -2.16. The van der Waals surface area contributed by atoms with Gasteiger partial charge < -0.3 is 10.2 Å². The maximum absolute atomic E-state index is 12.7. The number of nitrogens with zero attached hydrogens (tertiary/aromatic N) is 3. The van der Waals surface area contributed by atoms with Crippen molar-refractivity contribution >= 4 is 51.3 Å². The van der Waals surface area contributed by atoms with Crippen molar-refractivity contribution in [3.63, 3.8) is 0 Å². The monoisotopic (exact) mass is 442 g/mol. The number of thiazole rings is 1. The highest BCUT2D eigenvalue weighted by Gasteiger charge is 2.35. The van der Waals surface area contributed by atoms with Gasteiger partial charge in [-0.25, -0.2) is 4.98 Å². The van der Waals surface area contributed by atoms with Gasteiger partial charge in [-0.15, -0.1) is 11.3 Å². The van der Waals surface area contributed by atoms with Crippen LogP contribution in [0, 0.1) is 16.0 Å². The molecule has 0 aliphatic carbocycles. The summed E-state index contributed by atoms with van der Waals surface area (Å²) in [5.41, 5.74) is 1.74. The Hall–Kier alpha value is -3.30. The van der Waals surface area contributed by atoms with Gasteiger partial charge in [-0.3, -0.25) is 19.7 Å². The summed E-state index contributed by atoms with van der Waals surface area (Å²) < 4.78 is 0. The predicted molar refractivity (Wildman–Crippen MR) is 115 cm³/mol. The van der Waals surface area contributed by atoms with Crippen molar-refractivity contribution < 1.29 is 14.5 Å². The zero-order chi connectivity index (χ0) is 21.3. The van der Waals surface area contributed by atoms with Crippen LogP contribution in [0.25, 0.3) is 11.3 Å². The fourth-order valence-corrected chi connectivity index (χ4v) is 4.13. The molecule has 1 fully saturated rings. The van der Waals surface area contributed by atoms with E-state index >= 15 is 0 Å². The van der Waals surface area contributed by atoms with Crippen LogP contribution in [0.5, 0.6) is 0 Å². The highest BCUT2D eigenvalue weighted by atomic mass is 35.5. The molecule has 0 saturated carbocycles. The van der Waals surface area contributed by atoms with E-state index in [1.807, 2.05) is 0 Å². The molecule has 1 N–H and O–H groups in total. The first kappa shape index (κ1) is 20.0. The first-order valence-electron chi connectivity index (χ1n) is 8.98. The second-order valence-electron chi connectivity index (χ2n) is 6.72. The molecule has 2 aromatic carbocycles. The van der Waals surface area contributed by atoms with Crippen LogP contribution in [0.15, 0.2) is 53.9 Å². The molecule has 0 bridgehead atoms. The number of halogens is 1. The number of non-ortho nitro benzene ring substituents is 1.